The van der Waals surface area contributed by atoms with E-state index in [1.54, 1.807) is 6.92 Å². The Balaban J connectivity index is 2.45. The van der Waals surface area contributed by atoms with Gasteiger partial charge in [0.1, 0.15) is 12.4 Å². The monoisotopic (exact) mass is 266 g/mol. The molecule has 0 aromatic carbocycles. The van der Waals surface area contributed by atoms with E-state index in [1.807, 2.05) is 0 Å². The van der Waals surface area contributed by atoms with E-state index in [2.05, 4.69) is 20.7 Å². The summed E-state index contributed by atoms with van der Waals surface area (Å²) in [6, 6.07) is -0.549. The molecule has 9 nitrogen and oxygen atoms in total. The summed E-state index contributed by atoms with van der Waals surface area (Å²) in [7, 11) is 1.43. The third-order valence-electron chi connectivity index (χ3n) is 2.82. The molecule has 102 valence electrons. The minimum absolute atomic E-state index is 0.00426. The predicted octanol–water partition coefficient (Wildman–Crippen LogP) is -1.38. The number of carbonyl (C=O) groups is 2. The third-order valence-corrected chi connectivity index (χ3v) is 2.82. The van der Waals surface area contributed by atoms with E-state index in [9.17, 15) is 9.59 Å². The molecule has 1 atom stereocenters. The van der Waals surface area contributed by atoms with E-state index in [0.717, 1.165) is 0 Å². The van der Waals surface area contributed by atoms with Crippen LogP contribution in [-0.4, -0.2) is 41.5 Å². The molecule has 4 N–H and O–H groups in total. The Morgan fingerprint density at radius 3 is 2.89 bits per heavy atom. The van der Waals surface area contributed by atoms with Gasteiger partial charge < -0.3 is 15.1 Å². The normalized spacial score (nSPS) is 19.1. The van der Waals surface area contributed by atoms with Crippen LogP contribution in [0.3, 0.4) is 0 Å². The predicted molar refractivity (Wildman–Crippen MR) is 66.4 cm³/mol. The maximum absolute atomic E-state index is 11.6. The highest BCUT2D eigenvalue weighted by Crippen LogP contribution is 2.32. The molecule has 1 fully saturated rings. The van der Waals surface area contributed by atoms with Gasteiger partial charge in [-0.15, -0.1) is 0 Å². The number of aromatic nitrogens is 2. The molecule has 2 heterocycles. The maximum atomic E-state index is 11.6. The van der Waals surface area contributed by atoms with Gasteiger partial charge in [-0.25, -0.2) is 15.8 Å². The van der Waals surface area contributed by atoms with Crippen LogP contribution < -0.4 is 26.2 Å². The van der Waals surface area contributed by atoms with Crippen molar-refractivity contribution in [3.8, 4) is 5.75 Å². The van der Waals surface area contributed by atoms with Crippen molar-refractivity contribution < 1.29 is 14.3 Å². The lowest BCUT2D eigenvalue weighted by atomic mass is 10.2. The summed E-state index contributed by atoms with van der Waals surface area (Å²) in [6.07, 6.45) is 1.27. The highest BCUT2D eigenvalue weighted by atomic mass is 16.5. The Hall–Kier alpha value is -2.42. The fraction of sp³-hybridized carbons (Fsp3) is 0.400. The molecule has 0 aliphatic carbocycles. The number of methoxy groups -OCH3 is 1. The van der Waals surface area contributed by atoms with E-state index < -0.39 is 11.9 Å². The van der Waals surface area contributed by atoms with Crippen LogP contribution in [0.2, 0.25) is 0 Å². The van der Waals surface area contributed by atoms with Crippen LogP contribution in [-0.2, 0) is 9.59 Å². The summed E-state index contributed by atoms with van der Waals surface area (Å²) in [4.78, 5) is 32.6. The van der Waals surface area contributed by atoms with Crippen molar-refractivity contribution in [3.05, 3.63) is 6.33 Å². The van der Waals surface area contributed by atoms with Gasteiger partial charge in [-0.3, -0.25) is 14.9 Å². The lowest BCUT2D eigenvalue weighted by Gasteiger charge is -2.33. The molecular formula is C10H14N6O3. The van der Waals surface area contributed by atoms with Crippen molar-refractivity contribution in [2.45, 2.75) is 13.0 Å². The molecule has 1 aliphatic heterocycles. The molecule has 0 spiro atoms. The number of piperazine rings is 1. The highest BCUT2D eigenvalue weighted by molar-refractivity contribution is 6.04. The second-order valence-corrected chi connectivity index (χ2v) is 3.94. The third kappa shape index (κ3) is 2.27. The van der Waals surface area contributed by atoms with Gasteiger partial charge in [0.2, 0.25) is 17.6 Å². The molecule has 0 bridgehead atoms. The number of amides is 2. The number of hydrogen-bond acceptors (Lipinski definition) is 8. The van der Waals surface area contributed by atoms with Crippen molar-refractivity contribution in [1.82, 2.24) is 15.3 Å². The Labute approximate surface area is 109 Å². The topological polar surface area (TPSA) is 122 Å². The number of imide groups is 1. The molecular weight excluding hydrogens is 252 g/mol. The van der Waals surface area contributed by atoms with Gasteiger partial charge in [-0.05, 0) is 6.92 Å². The zero-order valence-corrected chi connectivity index (χ0v) is 10.5. The Morgan fingerprint density at radius 1 is 1.53 bits per heavy atom. The smallest absolute Gasteiger partial charge is 0.249 e. The fourth-order valence-electron chi connectivity index (χ4n) is 1.83. The average Bonchev–Trinajstić information content (AvgIpc) is 2.41. The van der Waals surface area contributed by atoms with E-state index in [0.29, 0.717) is 5.82 Å². The van der Waals surface area contributed by atoms with Gasteiger partial charge in [-0.2, -0.15) is 0 Å². The number of carbonyl (C=O) groups excluding carboxylic acids is 2. The Morgan fingerprint density at radius 2 is 2.26 bits per heavy atom. The number of nitrogens with one attached hydrogen (secondary N) is 2. The molecule has 1 aromatic heterocycles. The fourth-order valence-corrected chi connectivity index (χ4v) is 1.83. The SMILES string of the molecule is COc1c(NN)ncnc1N1CC(=O)NC(=O)C1C. The second kappa shape index (κ2) is 5.06. The van der Waals surface area contributed by atoms with Crippen molar-refractivity contribution in [1.29, 1.82) is 0 Å². The summed E-state index contributed by atoms with van der Waals surface area (Å²) in [6.45, 7) is 1.67. The van der Waals surface area contributed by atoms with Crippen LogP contribution in [0.1, 0.15) is 6.92 Å². The Kier molecular flexibility index (Phi) is 3.47. The van der Waals surface area contributed by atoms with Crippen LogP contribution in [0.15, 0.2) is 6.33 Å². The molecule has 1 unspecified atom stereocenters. The first-order chi connectivity index (χ1) is 9.08. The molecule has 1 aliphatic rings. The standard InChI is InChI=1S/C10H14N6O3/c1-5-10(18)14-6(17)3-16(5)9-7(19-2)8(15-11)12-4-13-9/h4-5H,3,11H2,1-2H3,(H,12,13,15)(H,14,17,18). The lowest BCUT2D eigenvalue weighted by molar-refractivity contribution is -0.132. The number of hydrazine groups is 1. The van der Waals surface area contributed by atoms with E-state index in [-0.39, 0.29) is 24.0 Å². The first kappa shape index (κ1) is 13.0. The number of nitrogen functional groups attached to an aromatic ring is 1. The summed E-state index contributed by atoms with van der Waals surface area (Å²) in [5, 5.41) is 2.25. The van der Waals surface area contributed by atoms with Crippen molar-refractivity contribution in [2.24, 2.45) is 5.84 Å². The molecule has 9 heteroatoms. The number of anilines is 2. The average molecular weight is 266 g/mol. The maximum Gasteiger partial charge on any atom is 0.249 e. The first-order valence-corrected chi connectivity index (χ1v) is 5.54. The number of rotatable bonds is 3. The molecule has 2 rings (SSSR count). The lowest BCUT2D eigenvalue weighted by Crippen LogP contribution is -2.57. The van der Waals surface area contributed by atoms with Crippen LogP contribution in [0.25, 0.3) is 0 Å². The largest absolute Gasteiger partial charge is 0.490 e. The minimum Gasteiger partial charge on any atom is -0.490 e. The van der Waals surface area contributed by atoms with Gasteiger partial charge >= 0.3 is 0 Å². The van der Waals surface area contributed by atoms with E-state index in [1.165, 1.54) is 18.3 Å². The van der Waals surface area contributed by atoms with E-state index >= 15 is 0 Å². The van der Waals surface area contributed by atoms with Gasteiger partial charge in [0.05, 0.1) is 13.7 Å². The highest BCUT2D eigenvalue weighted by Gasteiger charge is 2.33. The van der Waals surface area contributed by atoms with Crippen molar-refractivity contribution in [3.63, 3.8) is 0 Å². The molecule has 1 saturated heterocycles. The zero-order chi connectivity index (χ0) is 14.0. The number of hydrogen-bond donors (Lipinski definition) is 3. The summed E-state index contributed by atoms with van der Waals surface area (Å²) < 4.78 is 5.19. The molecule has 1 aromatic rings. The van der Waals surface area contributed by atoms with Crippen molar-refractivity contribution in [2.75, 3.05) is 24.0 Å². The van der Waals surface area contributed by atoms with Crippen LogP contribution in [0.4, 0.5) is 11.6 Å². The summed E-state index contributed by atoms with van der Waals surface area (Å²) in [5.74, 6) is 5.43. The second-order valence-electron chi connectivity index (χ2n) is 3.94. The molecule has 2 amide bonds. The molecule has 19 heavy (non-hydrogen) atoms. The first-order valence-electron chi connectivity index (χ1n) is 5.54. The van der Waals surface area contributed by atoms with Crippen LogP contribution >= 0.6 is 0 Å². The number of nitrogens with two attached hydrogens (primary N) is 1. The molecule has 0 saturated carbocycles. The van der Waals surface area contributed by atoms with Gasteiger partial charge in [0.15, 0.2) is 11.6 Å². The molecule has 0 radical (unpaired) electrons. The summed E-state index contributed by atoms with van der Waals surface area (Å²) in [5.41, 5.74) is 2.37. The van der Waals surface area contributed by atoms with Gasteiger partial charge in [-0.1, -0.05) is 0 Å². The summed E-state index contributed by atoms with van der Waals surface area (Å²) >= 11 is 0. The Bertz CT molecular complexity index is 520. The van der Waals surface area contributed by atoms with E-state index in [4.69, 9.17) is 10.6 Å². The minimum atomic E-state index is -0.549. The zero-order valence-electron chi connectivity index (χ0n) is 10.5. The quantitative estimate of drug-likeness (QED) is 0.347. The number of ether oxygens (including phenoxy) is 1. The van der Waals surface area contributed by atoms with Gasteiger partial charge in [0.25, 0.3) is 0 Å². The number of nitrogens with zero attached hydrogens (tertiary/aromatic N) is 3. The van der Waals surface area contributed by atoms with Crippen molar-refractivity contribution >= 4 is 23.5 Å². The van der Waals surface area contributed by atoms with Crippen LogP contribution in [0.5, 0.6) is 5.75 Å². The van der Waals surface area contributed by atoms with Crippen LogP contribution in [0, 0.1) is 0 Å². The van der Waals surface area contributed by atoms with Gasteiger partial charge in [0, 0.05) is 0 Å².